The molecule has 1 aromatic carbocycles. The fourth-order valence-corrected chi connectivity index (χ4v) is 3.72. The second-order valence-corrected chi connectivity index (χ2v) is 8.63. The van der Waals surface area contributed by atoms with Crippen molar-refractivity contribution in [3.8, 4) is 0 Å². The first-order valence-electron chi connectivity index (χ1n) is 9.75. The van der Waals surface area contributed by atoms with Gasteiger partial charge in [-0.05, 0) is 37.1 Å². The average Bonchev–Trinajstić information content (AvgIpc) is 2.65. The number of hydrogen-bond acceptors (Lipinski definition) is 5. The SMILES string of the molecule is CCCCN(CCCC)c1ccc(C(=O)OC(CS(=O)(=O)O)(C(F)(F)F)C(F)(F)F)cc1. The lowest BCUT2D eigenvalue weighted by Crippen LogP contribution is -2.63. The van der Waals surface area contributed by atoms with Gasteiger partial charge in [0.25, 0.3) is 10.1 Å². The van der Waals surface area contributed by atoms with E-state index >= 15 is 0 Å². The van der Waals surface area contributed by atoms with E-state index in [0.29, 0.717) is 18.8 Å². The highest BCUT2D eigenvalue weighted by Gasteiger charge is 2.76. The molecule has 0 heterocycles. The normalized spacial score (nSPS) is 13.2. The van der Waals surface area contributed by atoms with Gasteiger partial charge in [-0.25, -0.2) is 4.79 Å². The fraction of sp³-hybridized carbons (Fsp3) is 0.632. The molecule has 1 N–H and O–H groups in total. The lowest BCUT2D eigenvalue weighted by atomic mass is 10.1. The van der Waals surface area contributed by atoms with Crippen molar-refractivity contribution in [3.05, 3.63) is 29.8 Å². The van der Waals surface area contributed by atoms with E-state index in [-0.39, 0.29) is 0 Å². The molecule has 6 nitrogen and oxygen atoms in total. The Balaban J connectivity index is 3.26. The van der Waals surface area contributed by atoms with E-state index in [0.717, 1.165) is 37.8 Å². The number of anilines is 1. The highest BCUT2D eigenvalue weighted by molar-refractivity contribution is 7.85. The van der Waals surface area contributed by atoms with Gasteiger partial charge in [0.1, 0.15) is 5.75 Å². The molecule has 0 radical (unpaired) electrons. The summed E-state index contributed by atoms with van der Waals surface area (Å²) in [5.41, 5.74) is -5.47. The summed E-state index contributed by atoms with van der Waals surface area (Å²) >= 11 is 0. The zero-order valence-electron chi connectivity index (χ0n) is 17.5. The maximum Gasteiger partial charge on any atom is 0.438 e. The number of halogens is 6. The van der Waals surface area contributed by atoms with Crippen molar-refractivity contribution < 1.29 is 48.8 Å². The van der Waals surface area contributed by atoms with Crippen LogP contribution in [0.15, 0.2) is 24.3 Å². The Morgan fingerprint density at radius 1 is 0.938 bits per heavy atom. The van der Waals surface area contributed by atoms with Gasteiger partial charge in [-0.2, -0.15) is 34.8 Å². The number of hydrogen-bond donors (Lipinski definition) is 1. The average molecular weight is 493 g/mol. The third-order valence-electron chi connectivity index (χ3n) is 4.60. The summed E-state index contributed by atoms with van der Waals surface area (Å²) in [4.78, 5) is 14.1. The van der Waals surface area contributed by atoms with Gasteiger partial charge in [0.2, 0.25) is 0 Å². The summed E-state index contributed by atoms with van der Waals surface area (Å²) in [6.07, 6.45) is -9.23. The molecular weight excluding hydrogens is 468 g/mol. The molecule has 0 unspecified atom stereocenters. The largest absolute Gasteiger partial charge is 0.438 e. The van der Waals surface area contributed by atoms with Crippen LogP contribution in [0.5, 0.6) is 0 Å². The van der Waals surface area contributed by atoms with Gasteiger partial charge >= 0.3 is 23.9 Å². The molecule has 0 aliphatic carbocycles. The Hall–Kier alpha value is -2.02. The molecule has 13 heteroatoms. The van der Waals surface area contributed by atoms with Crippen molar-refractivity contribution in [2.24, 2.45) is 0 Å². The number of esters is 1. The number of carbonyl (C=O) groups excluding carboxylic acids is 1. The summed E-state index contributed by atoms with van der Waals surface area (Å²) in [5.74, 6) is -4.96. The maximum atomic E-state index is 13.3. The number of carbonyl (C=O) groups is 1. The van der Waals surface area contributed by atoms with Gasteiger partial charge in [-0.15, -0.1) is 0 Å². The number of alkyl halides is 6. The highest BCUT2D eigenvalue weighted by atomic mass is 32.2. The second kappa shape index (κ2) is 10.7. The van der Waals surface area contributed by atoms with Crippen LogP contribution in [0.25, 0.3) is 0 Å². The smallest absolute Gasteiger partial charge is 0.435 e. The quantitative estimate of drug-likeness (QED) is 0.265. The van der Waals surface area contributed by atoms with Crippen molar-refractivity contribution in [3.63, 3.8) is 0 Å². The molecule has 0 saturated heterocycles. The van der Waals surface area contributed by atoms with Crippen LogP contribution in [-0.4, -0.2) is 55.7 Å². The van der Waals surface area contributed by atoms with Crippen molar-refractivity contribution in [1.82, 2.24) is 0 Å². The van der Waals surface area contributed by atoms with Gasteiger partial charge in [-0.3, -0.25) is 4.55 Å². The Kier molecular flexibility index (Phi) is 9.39. The molecule has 32 heavy (non-hydrogen) atoms. The third-order valence-corrected chi connectivity index (χ3v) is 5.37. The molecule has 0 bridgehead atoms. The maximum absolute atomic E-state index is 13.3. The van der Waals surface area contributed by atoms with E-state index in [4.69, 9.17) is 4.55 Å². The van der Waals surface area contributed by atoms with E-state index in [1.807, 2.05) is 18.7 Å². The first kappa shape index (κ1) is 28.0. The molecule has 1 aromatic rings. The van der Waals surface area contributed by atoms with Crippen molar-refractivity contribution in [2.75, 3.05) is 23.7 Å². The van der Waals surface area contributed by atoms with Gasteiger partial charge in [0.05, 0.1) is 5.56 Å². The number of ether oxygens (including phenoxy) is 1. The fourth-order valence-electron chi connectivity index (χ4n) is 2.82. The zero-order valence-corrected chi connectivity index (χ0v) is 18.3. The molecule has 184 valence electrons. The van der Waals surface area contributed by atoms with Crippen LogP contribution >= 0.6 is 0 Å². The molecule has 0 aliphatic heterocycles. The number of benzene rings is 1. The monoisotopic (exact) mass is 493 g/mol. The van der Waals surface area contributed by atoms with Crippen LogP contribution in [0.2, 0.25) is 0 Å². The Morgan fingerprint density at radius 2 is 1.38 bits per heavy atom. The van der Waals surface area contributed by atoms with E-state index in [1.54, 1.807) is 0 Å². The topological polar surface area (TPSA) is 83.9 Å². The van der Waals surface area contributed by atoms with Gasteiger partial charge < -0.3 is 9.64 Å². The van der Waals surface area contributed by atoms with Crippen LogP contribution < -0.4 is 4.90 Å². The molecule has 0 aliphatic rings. The molecule has 0 amide bonds. The minimum Gasteiger partial charge on any atom is -0.435 e. The lowest BCUT2D eigenvalue weighted by molar-refractivity contribution is -0.356. The van der Waals surface area contributed by atoms with Gasteiger partial charge in [0.15, 0.2) is 0 Å². The molecule has 0 saturated carbocycles. The standard InChI is InChI=1S/C19H25F6NO5S/c1-3-5-11-26(12-6-4-2)15-9-7-14(8-10-15)16(27)31-17(18(20,21)22,19(23,24)25)13-32(28,29)30/h7-10H,3-6,11-13H2,1-2H3,(H,28,29,30). The number of rotatable bonds is 11. The molecule has 0 spiro atoms. The molecule has 0 fully saturated rings. The summed E-state index contributed by atoms with van der Waals surface area (Å²) in [6, 6.07) is 4.70. The number of nitrogens with zero attached hydrogens (tertiary/aromatic N) is 1. The molecular formula is C19H25F6NO5S. The van der Waals surface area contributed by atoms with Crippen LogP contribution in [0.1, 0.15) is 49.9 Å². The minimum atomic E-state index is -6.37. The Bertz CT molecular complexity index is 830. The van der Waals surface area contributed by atoms with E-state index < -0.39 is 45.4 Å². The molecule has 0 atom stereocenters. The van der Waals surface area contributed by atoms with E-state index in [9.17, 15) is 39.6 Å². The Labute approximate surface area is 182 Å². The summed E-state index contributed by atoms with van der Waals surface area (Å²) in [6.45, 7) is 5.30. The predicted octanol–water partition coefficient (Wildman–Crippen LogP) is 5.00. The minimum absolute atomic E-state index is 0.610. The van der Waals surface area contributed by atoms with Crippen molar-refractivity contribution in [1.29, 1.82) is 0 Å². The summed E-state index contributed by atoms with van der Waals surface area (Å²) < 4.78 is 114. The lowest BCUT2D eigenvalue weighted by Gasteiger charge is -2.35. The first-order chi connectivity index (χ1) is 14.6. The van der Waals surface area contributed by atoms with Crippen LogP contribution in [0, 0.1) is 0 Å². The first-order valence-corrected chi connectivity index (χ1v) is 11.4. The summed E-state index contributed by atoms with van der Waals surface area (Å²) in [5, 5.41) is 0. The van der Waals surface area contributed by atoms with Crippen LogP contribution in [-0.2, 0) is 14.9 Å². The van der Waals surface area contributed by atoms with E-state index in [2.05, 4.69) is 4.74 Å². The Morgan fingerprint density at radius 3 is 1.72 bits per heavy atom. The van der Waals surface area contributed by atoms with Gasteiger partial charge in [0, 0.05) is 18.8 Å². The summed E-state index contributed by atoms with van der Waals surface area (Å²) in [7, 11) is -5.84. The van der Waals surface area contributed by atoms with Gasteiger partial charge in [-0.1, -0.05) is 26.7 Å². The van der Waals surface area contributed by atoms with Crippen molar-refractivity contribution >= 4 is 21.8 Å². The van der Waals surface area contributed by atoms with E-state index in [1.165, 1.54) is 12.1 Å². The zero-order chi connectivity index (χ0) is 24.8. The third kappa shape index (κ3) is 7.26. The molecule has 1 rings (SSSR count). The molecule has 0 aromatic heterocycles. The highest BCUT2D eigenvalue weighted by Crippen LogP contribution is 2.47. The van der Waals surface area contributed by atoms with Crippen LogP contribution in [0.3, 0.4) is 0 Å². The van der Waals surface area contributed by atoms with Crippen LogP contribution in [0.4, 0.5) is 32.0 Å². The second-order valence-electron chi connectivity index (χ2n) is 7.18. The number of unbranched alkanes of at least 4 members (excludes halogenated alkanes) is 2. The van der Waals surface area contributed by atoms with Crippen molar-refractivity contribution in [2.45, 2.75) is 57.5 Å². The predicted molar refractivity (Wildman–Crippen MR) is 105 cm³/mol.